The van der Waals surface area contributed by atoms with E-state index in [2.05, 4.69) is 26.2 Å². The molecule has 0 saturated carbocycles. The second-order valence-electron chi connectivity index (χ2n) is 9.42. The van der Waals surface area contributed by atoms with Gasteiger partial charge >= 0.3 is 6.18 Å². The number of hydrogen-bond acceptors (Lipinski definition) is 5. The Hall–Kier alpha value is -3.32. The Morgan fingerprint density at radius 3 is 2.62 bits per heavy atom. The molecular formula is C26H23BrF4N4O4. The molecule has 0 bridgehead atoms. The molecule has 0 spiro atoms. The molecule has 3 amide bonds. The lowest BCUT2D eigenvalue weighted by Gasteiger charge is -2.31. The van der Waals surface area contributed by atoms with E-state index in [4.69, 9.17) is 4.74 Å². The highest BCUT2D eigenvalue weighted by atomic mass is 79.9. The van der Waals surface area contributed by atoms with E-state index in [1.807, 2.05) is 0 Å². The van der Waals surface area contributed by atoms with E-state index in [-0.39, 0.29) is 65.2 Å². The third-order valence-electron chi connectivity index (χ3n) is 6.86. The van der Waals surface area contributed by atoms with Gasteiger partial charge in [0.1, 0.15) is 0 Å². The molecule has 13 heteroatoms. The van der Waals surface area contributed by atoms with Crippen molar-refractivity contribution in [3.8, 4) is 0 Å². The number of rotatable bonds is 4. The summed E-state index contributed by atoms with van der Waals surface area (Å²) >= 11 is 3.12. The van der Waals surface area contributed by atoms with Gasteiger partial charge in [-0.1, -0.05) is 28.1 Å². The Kier molecular flexibility index (Phi) is 7.47. The number of hydrogen-bond donors (Lipinski definition) is 1. The van der Waals surface area contributed by atoms with Crippen LogP contribution in [0.3, 0.4) is 0 Å². The van der Waals surface area contributed by atoms with E-state index in [9.17, 15) is 31.9 Å². The number of dihydropyridines is 1. The molecule has 3 heterocycles. The van der Waals surface area contributed by atoms with Gasteiger partial charge in [0.15, 0.2) is 6.17 Å². The third-order valence-corrected chi connectivity index (χ3v) is 7.32. The number of benzene rings is 1. The summed E-state index contributed by atoms with van der Waals surface area (Å²) in [6.45, 7) is 1.23. The smallest absolute Gasteiger partial charge is 0.378 e. The van der Waals surface area contributed by atoms with Crippen LogP contribution in [-0.4, -0.2) is 79.9 Å². The van der Waals surface area contributed by atoms with Gasteiger partial charge in [-0.25, -0.2) is 9.38 Å². The number of halogens is 5. The largest absolute Gasteiger partial charge is 0.418 e. The molecule has 2 saturated heterocycles. The molecule has 8 nitrogen and oxygen atoms in total. The zero-order valence-corrected chi connectivity index (χ0v) is 22.0. The molecule has 1 aromatic carbocycles. The lowest BCUT2D eigenvalue weighted by Crippen LogP contribution is -2.42. The molecule has 4 aliphatic rings. The van der Waals surface area contributed by atoms with Crippen LogP contribution in [-0.2, 0) is 20.5 Å². The number of ether oxygens (including phenoxy) is 1. The molecule has 39 heavy (non-hydrogen) atoms. The average molecular weight is 611 g/mol. The SMILES string of the molecule is O=C1C=C(C(=O)N[C@H]2CCN(c3c(C(=O)N4CCOCC4)cc(Br)cc3C(F)(F)F)C2)C2=CC=CC(F)C2=N1. The molecule has 0 radical (unpaired) electrons. The number of fused-ring (bicyclic) bond motifs is 1. The maximum Gasteiger partial charge on any atom is 0.418 e. The van der Waals surface area contributed by atoms with Crippen molar-refractivity contribution in [2.24, 2.45) is 4.99 Å². The fourth-order valence-corrected chi connectivity index (χ4v) is 5.52. The molecular weight excluding hydrogens is 588 g/mol. The highest BCUT2D eigenvalue weighted by Crippen LogP contribution is 2.42. The number of anilines is 1. The summed E-state index contributed by atoms with van der Waals surface area (Å²) in [5, 5.41) is 2.75. The minimum Gasteiger partial charge on any atom is -0.378 e. The van der Waals surface area contributed by atoms with Gasteiger partial charge in [-0.2, -0.15) is 13.2 Å². The zero-order valence-electron chi connectivity index (χ0n) is 20.4. The monoisotopic (exact) mass is 610 g/mol. The van der Waals surface area contributed by atoms with Gasteiger partial charge in [-0.3, -0.25) is 14.4 Å². The zero-order chi connectivity index (χ0) is 27.9. The highest BCUT2D eigenvalue weighted by Gasteiger charge is 2.40. The first-order chi connectivity index (χ1) is 18.5. The van der Waals surface area contributed by atoms with E-state index in [1.54, 1.807) is 0 Å². The Morgan fingerprint density at radius 2 is 1.90 bits per heavy atom. The number of morpholine rings is 1. The average Bonchev–Trinajstić information content (AvgIpc) is 3.35. The number of carbonyl (C=O) groups excluding carboxylic acids is 3. The molecule has 3 aliphatic heterocycles. The van der Waals surface area contributed by atoms with E-state index in [0.29, 0.717) is 13.2 Å². The van der Waals surface area contributed by atoms with Crippen molar-refractivity contribution in [1.82, 2.24) is 10.2 Å². The van der Waals surface area contributed by atoms with Crippen LogP contribution in [0.4, 0.5) is 23.2 Å². The van der Waals surface area contributed by atoms with E-state index < -0.39 is 41.7 Å². The molecule has 2 fully saturated rings. The first kappa shape index (κ1) is 27.3. The van der Waals surface area contributed by atoms with Crippen LogP contribution in [0.1, 0.15) is 22.3 Å². The number of carbonyl (C=O) groups is 3. The minimum absolute atomic E-state index is 0.00724. The number of aliphatic imine (C=N–C) groups is 1. The Balaban J connectivity index is 1.40. The van der Waals surface area contributed by atoms with Crippen molar-refractivity contribution in [3.63, 3.8) is 0 Å². The van der Waals surface area contributed by atoms with Crippen molar-refractivity contribution in [3.05, 3.63) is 63.2 Å². The number of allylic oxidation sites excluding steroid dienone is 3. The lowest BCUT2D eigenvalue weighted by molar-refractivity contribution is -0.137. The van der Waals surface area contributed by atoms with Gasteiger partial charge in [-0.15, -0.1) is 0 Å². The summed E-state index contributed by atoms with van der Waals surface area (Å²) in [4.78, 5) is 45.1. The fourth-order valence-electron chi connectivity index (χ4n) is 5.06. The molecule has 1 unspecified atom stereocenters. The van der Waals surface area contributed by atoms with E-state index >= 15 is 0 Å². The van der Waals surface area contributed by atoms with Crippen LogP contribution in [0.5, 0.6) is 0 Å². The predicted molar refractivity (Wildman–Crippen MR) is 137 cm³/mol. The van der Waals surface area contributed by atoms with Crippen LogP contribution in [0, 0.1) is 0 Å². The highest BCUT2D eigenvalue weighted by molar-refractivity contribution is 9.10. The first-order valence-electron chi connectivity index (χ1n) is 12.2. The Labute approximate surface area is 229 Å². The maximum absolute atomic E-state index is 14.3. The summed E-state index contributed by atoms with van der Waals surface area (Å²) in [6.07, 6.45) is -0.963. The van der Waals surface area contributed by atoms with E-state index in [1.165, 1.54) is 34.1 Å². The van der Waals surface area contributed by atoms with Crippen LogP contribution >= 0.6 is 15.9 Å². The summed E-state index contributed by atoms with van der Waals surface area (Å²) in [7, 11) is 0. The summed E-state index contributed by atoms with van der Waals surface area (Å²) in [6, 6.07) is 1.73. The number of amides is 3. The van der Waals surface area contributed by atoms with Gasteiger partial charge in [0, 0.05) is 48.3 Å². The Morgan fingerprint density at radius 1 is 1.15 bits per heavy atom. The number of nitrogens with zero attached hydrogens (tertiary/aromatic N) is 3. The molecule has 0 aromatic heterocycles. The summed E-state index contributed by atoms with van der Waals surface area (Å²) in [5.74, 6) is -1.97. The van der Waals surface area contributed by atoms with E-state index in [0.717, 1.165) is 12.1 Å². The molecule has 5 rings (SSSR count). The molecule has 1 aliphatic carbocycles. The predicted octanol–water partition coefficient (Wildman–Crippen LogP) is 3.38. The topological polar surface area (TPSA) is 91.3 Å². The standard InChI is InChI=1S/C26H23BrF4N4O4/c27-14-10-18(25(38)34-6-8-39-9-7-34)23(19(11-14)26(29,30)31)35-5-4-15(13-35)32-24(37)17-12-21(36)33-22-16(17)2-1-3-20(22)28/h1-3,10-12,15,20H,4-9,13H2,(H,32,37)/t15-,20?/m0/s1. The molecule has 1 N–H and O–H groups in total. The second-order valence-corrected chi connectivity index (χ2v) is 10.3. The van der Waals surface area contributed by atoms with Gasteiger partial charge in [0.05, 0.1) is 41.3 Å². The maximum atomic E-state index is 14.3. The van der Waals surface area contributed by atoms with Crippen molar-refractivity contribution in [1.29, 1.82) is 0 Å². The van der Waals surface area contributed by atoms with Gasteiger partial charge in [-0.05, 0) is 24.6 Å². The normalized spacial score (nSPS) is 23.2. The fraction of sp³-hybridized carbons (Fsp3) is 0.385. The molecule has 206 valence electrons. The van der Waals surface area contributed by atoms with Gasteiger partial charge in [0.25, 0.3) is 17.7 Å². The summed E-state index contributed by atoms with van der Waals surface area (Å²) in [5.41, 5.74) is -1.34. The van der Waals surface area contributed by atoms with Gasteiger partial charge < -0.3 is 19.9 Å². The minimum atomic E-state index is -4.74. The number of alkyl halides is 4. The quantitative estimate of drug-likeness (QED) is 0.528. The van der Waals surface area contributed by atoms with Gasteiger partial charge in [0.2, 0.25) is 0 Å². The van der Waals surface area contributed by atoms with Crippen molar-refractivity contribution in [2.45, 2.75) is 24.8 Å². The Bertz CT molecular complexity index is 1350. The number of nitrogens with one attached hydrogen (secondary N) is 1. The summed E-state index contributed by atoms with van der Waals surface area (Å²) < 4.78 is 62.2. The lowest BCUT2D eigenvalue weighted by atomic mass is 9.91. The van der Waals surface area contributed by atoms with Crippen molar-refractivity contribution >= 4 is 45.1 Å². The van der Waals surface area contributed by atoms with Crippen molar-refractivity contribution in [2.75, 3.05) is 44.3 Å². The van der Waals surface area contributed by atoms with Crippen LogP contribution < -0.4 is 10.2 Å². The van der Waals surface area contributed by atoms with Crippen molar-refractivity contribution < 1.29 is 36.7 Å². The molecule has 1 aromatic rings. The second kappa shape index (κ2) is 10.7. The third kappa shape index (κ3) is 5.55. The first-order valence-corrected chi connectivity index (χ1v) is 13.0. The van der Waals surface area contributed by atoms with Crippen LogP contribution in [0.2, 0.25) is 0 Å². The van der Waals surface area contributed by atoms with Crippen LogP contribution in [0.15, 0.2) is 57.0 Å². The molecule has 2 atom stereocenters. The van der Waals surface area contributed by atoms with Crippen LogP contribution in [0.25, 0.3) is 0 Å².